The standard InChI is InChI=1S/C19H16BrClO2S2/c20-14-5-2-13(3-6-14)4-9-18(22)23-17-8-7-15(21)12-16(17)19-24-10-1-11-25-19/h2-9,12,19H,1,10-11H2/b9-4-. The van der Waals surface area contributed by atoms with Gasteiger partial charge >= 0.3 is 5.97 Å². The molecule has 1 aliphatic heterocycles. The van der Waals surface area contributed by atoms with E-state index >= 15 is 0 Å². The number of halogens is 2. The van der Waals surface area contributed by atoms with Gasteiger partial charge in [0, 0.05) is 21.1 Å². The number of carbonyl (C=O) groups is 1. The van der Waals surface area contributed by atoms with Crippen LogP contribution in [0.5, 0.6) is 5.75 Å². The second-order valence-electron chi connectivity index (χ2n) is 5.42. The molecule has 0 aliphatic carbocycles. The van der Waals surface area contributed by atoms with Gasteiger partial charge in [-0.15, -0.1) is 23.5 Å². The predicted octanol–water partition coefficient (Wildman–Crippen LogP) is 6.59. The van der Waals surface area contributed by atoms with Crippen molar-refractivity contribution in [3.8, 4) is 5.75 Å². The monoisotopic (exact) mass is 454 g/mol. The number of thioether (sulfide) groups is 2. The van der Waals surface area contributed by atoms with Crippen LogP contribution in [0.4, 0.5) is 0 Å². The molecule has 2 aromatic carbocycles. The van der Waals surface area contributed by atoms with Gasteiger partial charge in [0.2, 0.25) is 0 Å². The van der Waals surface area contributed by atoms with Crippen LogP contribution in [0.15, 0.2) is 53.0 Å². The molecule has 1 aliphatic rings. The maximum Gasteiger partial charge on any atom is 0.336 e. The molecule has 6 heteroatoms. The summed E-state index contributed by atoms with van der Waals surface area (Å²) in [6.45, 7) is 0. The maximum atomic E-state index is 12.2. The van der Waals surface area contributed by atoms with Crippen LogP contribution >= 0.6 is 51.1 Å². The van der Waals surface area contributed by atoms with E-state index in [-0.39, 0.29) is 4.58 Å². The fourth-order valence-electron chi connectivity index (χ4n) is 2.34. The molecule has 3 rings (SSSR count). The average Bonchev–Trinajstić information content (AvgIpc) is 2.63. The molecule has 25 heavy (non-hydrogen) atoms. The molecule has 0 atom stereocenters. The molecule has 0 saturated carbocycles. The zero-order valence-electron chi connectivity index (χ0n) is 13.3. The Morgan fingerprint density at radius 2 is 1.88 bits per heavy atom. The van der Waals surface area contributed by atoms with Crippen LogP contribution in [0.3, 0.4) is 0 Å². The lowest BCUT2D eigenvalue weighted by atomic mass is 10.2. The molecule has 1 heterocycles. The van der Waals surface area contributed by atoms with Gasteiger partial charge in [-0.05, 0) is 59.9 Å². The van der Waals surface area contributed by atoms with Gasteiger partial charge in [0.05, 0.1) is 4.58 Å². The summed E-state index contributed by atoms with van der Waals surface area (Å²) in [7, 11) is 0. The molecule has 2 aromatic rings. The van der Waals surface area contributed by atoms with Gasteiger partial charge < -0.3 is 4.74 Å². The summed E-state index contributed by atoms with van der Waals surface area (Å²) in [6, 6.07) is 13.1. The van der Waals surface area contributed by atoms with Crippen molar-refractivity contribution >= 4 is 63.1 Å². The minimum atomic E-state index is -0.391. The number of benzene rings is 2. The van der Waals surface area contributed by atoms with Crippen LogP contribution in [-0.2, 0) is 4.79 Å². The molecular formula is C19H16BrClO2S2. The van der Waals surface area contributed by atoms with Crippen LogP contribution < -0.4 is 4.74 Å². The normalized spacial score (nSPS) is 15.4. The smallest absolute Gasteiger partial charge is 0.336 e. The Balaban J connectivity index is 1.73. The zero-order valence-corrected chi connectivity index (χ0v) is 17.3. The molecule has 1 saturated heterocycles. The van der Waals surface area contributed by atoms with Gasteiger partial charge in [0.25, 0.3) is 0 Å². The maximum absolute atomic E-state index is 12.2. The summed E-state index contributed by atoms with van der Waals surface area (Å²) in [5.74, 6) is 2.42. The van der Waals surface area contributed by atoms with E-state index in [0.717, 1.165) is 27.1 Å². The Bertz CT molecular complexity index is 771. The van der Waals surface area contributed by atoms with Crippen molar-refractivity contribution in [2.45, 2.75) is 11.0 Å². The fourth-order valence-corrected chi connectivity index (χ4v) is 5.71. The van der Waals surface area contributed by atoms with Gasteiger partial charge in [-0.1, -0.05) is 39.7 Å². The summed E-state index contributed by atoms with van der Waals surface area (Å²) in [4.78, 5) is 12.2. The van der Waals surface area contributed by atoms with Crippen LogP contribution in [0.25, 0.3) is 6.08 Å². The van der Waals surface area contributed by atoms with Crippen LogP contribution in [0.2, 0.25) is 5.02 Å². The molecule has 130 valence electrons. The summed E-state index contributed by atoms with van der Waals surface area (Å²) >= 11 is 13.3. The lowest BCUT2D eigenvalue weighted by Crippen LogP contribution is -2.08. The Morgan fingerprint density at radius 1 is 1.16 bits per heavy atom. The van der Waals surface area contributed by atoms with E-state index in [1.165, 1.54) is 12.5 Å². The van der Waals surface area contributed by atoms with E-state index in [0.29, 0.717) is 10.8 Å². The highest BCUT2D eigenvalue weighted by molar-refractivity contribution is 9.10. The van der Waals surface area contributed by atoms with Gasteiger partial charge in [0.15, 0.2) is 0 Å². The molecule has 0 N–H and O–H groups in total. The third kappa shape index (κ3) is 5.55. The third-order valence-electron chi connectivity index (χ3n) is 3.55. The number of ether oxygens (including phenoxy) is 1. The molecule has 2 nitrogen and oxygen atoms in total. The summed E-state index contributed by atoms with van der Waals surface area (Å²) in [5, 5.41) is 0.659. The molecule has 0 unspecified atom stereocenters. The van der Waals surface area contributed by atoms with Crippen LogP contribution in [0.1, 0.15) is 22.1 Å². The highest BCUT2D eigenvalue weighted by Crippen LogP contribution is 2.47. The van der Waals surface area contributed by atoms with Crippen molar-refractivity contribution in [2.75, 3.05) is 11.5 Å². The Hall–Kier alpha value is -0.880. The first kappa shape index (κ1) is 18.9. The van der Waals surface area contributed by atoms with E-state index in [1.54, 1.807) is 18.2 Å². The van der Waals surface area contributed by atoms with Crippen LogP contribution in [-0.4, -0.2) is 17.5 Å². The summed E-state index contributed by atoms with van der Waals surface area (Å²) in [5.41, 5.74) is 1.92. The first-order chi connectivity index (χ1) is 12.1. The van der Waals surface area contributed by atoms with Crippen molar-refractivity contribution in [1.29, 1.82) is 0 Å². The van der Waals surface area contributed by atoms with Crippen molar-refractivity contribution in [2.24, 2.45) is 0 Å². The van der Waals surface area contributed by atoms with Crippen molar-refractivity contribution in [3.05, 3.63) is 69.2 Å². The number of hydrogen-bond donors (Lipinski definition) is 0. The Morgan fingerprint density at radius 3 is 2.60 bits per heavy atom. The van der Waals surface area contributed by atoms with Gasteiger partial charge in [-0.3, -0.25) is 0 Å². The van der Waals surface area contributed by atoms with Gasteiger partial charge in [0.1, 0.15) is 5.75 Å². The van der Waals surface area contributed by atoms with Crippen LogP contribution in [0, 0.1) is 0 Å². The molecule has 1 fully saturated rings. The van der Waals surface area contributed by atoms with Gasteiger partial charge in [-0.2, -0.15) is 0 Å². The molecule has 0 bridgehead atoms. The molecule has 0 radical (unpaired) electrons. The number of carbonyl (C=O) groups excluding carboxylic acids is 1. The summed E-state index contributed by atoms with van der Waals surface area (Å²) in [6.07, 6.45) is 4.40. The topological polar surface area (TPSA) is 26.3 Å². The predicted molar refractivity (Wildman–Crippen MR) is 113 cm³/mol. The quantitative estimate of drug-likeness (QED) is 0.295. The number of rotatable bonds is 4. The van der Waals surface area contributed by atoms with Gasteiger partial charge in [-0.25, -0.2) is 4.79 Å². The number of hydrogen-bond acceptors (Lipinski definition) is 4. The highest BCUT2D eigenvalue weighted by atomic mass is 79.9. The lowest BCUT2D eigenvalue weighted by molar-refractivity contribution is -0.128. The number of esters is 1. The second-order valence-corrected chi connectivity index (χ2v) is 9.49. The minimum Gasteiger partial charge on any atom is -0.423 e. The summed E-state index contributed by atoms with van der Waals surface area (Å²) < 4.78 is 6.83. The first-order valence-corrected chi connectivity index (χ1v) is 11.1. The molecule has 0 amide bonds. The van der Waals surface area contributed by atoms with E-state index in [4.69, 9.17) is 16.3 Å². The SMILES string of the molecule is O=C(/C=C\c1ccc(Br)cc1)Oc1ccc(Cl)cc1C1SCCCS1. The second kappa shape index (κ2) is 9.17. The fraction of sp³-hybridized carbons (Fsp3) is 0.211. The Kier molecular flexibility index (Phi) is 6.93. The largest absolute Gasteiger partial charge is 0.423 e. The van der Waals surface area contributed by atoms with Crippen molar-refractivity contribution in [3.63, 3.8) is 0 Å². The minimum absolute atomic E-state index is 0.255. The first-order valence-electron chi connectivity index (χ1n) is 7.80. The van der Waals surface area contributed by atoms with E-state index in [2.05, 4.69) is 15.9 Å². The van der Waals surface area contributed by atoms with E-state index < -0.39 is 5.97 Å². The molecule has 0 aromatic heterocycles. The van der Waals surface area contributed by atoms with Crippen molar-refractivity contribution in [1.82, 2.24) is 0 Å². The Labute approximate surface area is 169 Å². The average molecular weight is 456 g/mol. The molecular weight excluding hydrogens is 440 g/mol. The lowest BCUT2D eigenvalue weighted by Gasteiger charge is -2.23. The third-order valence-corrected chi connectivity index (χ3v) is 7.29. The van der Waals surface area contributed by atoms with E-state index in [9.17, 15) is 4.79 Å². The molecule has 0 spiro atoms. The van der Waals surface area contributed by atoms with Crippen molar-refractivity contribution < 1.29 is 9.53 Å². The van der Waals surface area contributed by atoms with E-state index in [1.807, 2.05) is 53.9 Å². The zero-order chi connectivity index (χ0) is 17.6. The highest BCUT2D eigenvalue weighted by Gasteiger charge is 2.21.